The zero-order valence-corrected chi connectivity index (χ0v) is 13.8. The van der Waals surface area contributed by atoms with E-state index < -0.39 is 30.4 Å². The van der Waals surface area contributed by atoms with Crippen LogP contribution < -0.4 is 5.73 Å². The van der Waals surface area contributed by atoms with Gasteiger partial charge in [-0.3, -0.25) is 9.59 Å². The highest BCUT2D eigenvalue weighted by Crippen LogP contribution is 2.20. The summed E-state index contributed by atoms with van der Waals surface area (Å²) in [6.07, 6.45) is 2.14. The predicted molar refractivity (Wildman–Crippen MR) is 85.3 cm³/mol. The fraction of sp³-hybridized carbons (Fsp3) is 0.400. The number of rotatable bonds is 4. The van der Waals surface area contributed by atoms with Crippen molar-refractivity contribution in [3.05, 3.63) is 33.8 Å². The monoisotopic (exact) mass is 358 g/mol. The third-order valence-corrected chi connectivity index (χ3v) is 4.01. The number of nitrogens with two attached hydrogens (primary N) is 1. The van der Waals surface area contributed by atoms with E-state index in [9.17, 15) is 14.4 Å². The topological polar surface area (TPSA) is 89.7 Å². The third-order valence-electron chi connectivity index (χ3n) is 3.58. The van der Waals surface area contributed by atoms with Crippen molar-refractivity contribution in [2.75, 3.05) is 13.2 Å². The first-order chi connectivity index (χ1) is 10.9. The van der Waals surface area contributed by atoms with E-state index >= 15 is 0 Å². The second kappa shape index (κ2) is 7.66. The molecule has 124 valence electrons. The van der Waals surface area contributed by atoms with Gasteiger partial charge in [0.15, 0.2) is 6.61 Å². The van der Waals surface area contributed by atoms with E-state index in [1.54, 1.807) is 0 Å². The van der Waals surface area contributed by atoms with Gasteiger partial charge in [0.05, 0.1) is 5.56 Å². The highest BCUT2D eigenvalue weighted by Gasteiger charge is 2.31. The Morgan fingerprint density at radius 1 is 1.17 bits per heavy atom. The summed E-state index contributed by atoms with van der Waals surface area (Å²) in [5.41, 5.74) is 5.46. The van der Waals surface area contributed by atoms with Crippen LogP contribution in [0.2, 0.25) is 10.0 Å². The average Bonchev–Trinajstić information content (AvgIpc) is 2.51. The van der Waals surface area contributed by atoms with Crippen LogP contribution in [0.15, 0.2) is 18.2 Å². The lowest BCUT2D eigenvalue weighted by molar-refractivity contribution is -0.143. The minimum absolute atomic E-state index is 0.153. The molecule has 1 atom stereocenters. The second-order valence-corrected chi connectivity index (χ2v) is 6.11. The smallest absolute Gasteiger partial charge is 0.338 e. The van der Waals surface area contributed by atoms with Crippen LogP contribution in [0.5, 0.6) is 0 Å². The number of carbonyl (C=O) groups excluding carboxylic acids is 3. The Kier molecular flexibility index (Phi) is 5.85. The first kappa shape index (κ1) is 17.6. The lowest BCUT2D eigenvalue weighted by Gasteiger charge is -2.33. The van der Waals surface area contributed by atoms with Gasteiger partial charge in [0.1, 0.15) is 6.04 Å². The normalized spacial score (nSPS) is 17.7. The molecule has 0 unspecified atom stereocenters. The number of amides is 2. The van der Waals surface area contributed by atoms with E-state index in [-0.39, 0.29) is 5.56 Å². The van der Waals surface area contributed by atoms with Gasteiger partial charge in [0.2, 0.25) is 5.91 Å². The van der Waals surface area contributed by atoms with Crippen molar-refractivity contribution in [2.45, 2.75) is 25.3 Å². The largest absolute Gasteiger partial charge is 0.452 e. The van der Waals surface area contributed by atoms with Crippen molar-refractivity contribution in [1.29, 1.82) is 0 Å². The molecule has 1 saturated heterocycles. The SMILES string of the molecule is NC(=O)[C@@H]1CCCCN1C(=O)COC(=O)c1cc(Cl)cc(Cl)c1. The van der Waals surface area contributed by atoms with Crippen molar-refractivity contribution in [2.24, 2.45) is 5.73 Å². The summed E-state index contributed by atoms with van der Waals surface area (Å²) in [6.45, 7) is -0.0419. The fourth-order valence-electron chi connectivity index (χ4n) is 2.49. The molecule has 23 heavy (non-hydrogen) atoms. The molecule has 0 bridgehead atoms. The predicted octanol–water partition coefficient (Wildman–Crippen LogP) is 2.02. The quantitative estimate of drug-likeness (QED) is 0.833. The van der Waals surface area contributed by atoms with E-state index in [0.29, 0.717) is 23.0 Å². The molecule has 1 aliphatic heterocycles. The number of carbonyl (C=O) groups is 3. The summed E-state index contributed by atoms with van der Waals surface area (Å²) < 4.78 is 4.98. The van der Waals surface area contributed by atoms with Crippen molar-refractivity contribution in [1.82, 2.24) is 4.90 Å². The molecule has 0 radical (unpaired) electrons. The molecule has 0 saturated carbocycles. The summed E-state index contributed by atoms with van der Waals surface area (Å²) in [4.78, 5) is 36.9. The first-order valence-corrected chi connectivity index (χ1v) is 7.86. The van der Waals surface area contributed by atoms with E-state index in [1.165, 1.54) is 23.1 Å². The maximum atomic E-state index is 12.2. The number of nitrogens with zero attached hydrogens (tertiary/aromatic N) is 1. The van der Waals surface area contributed by atoms with Gasteiger partial charge in [0, 0.05) is 16.6 Å². The fourth-order valence-corrected chi connectivity index (χ4v) is 3.02. The zero-order valence-electron chi connectivity index (χ0n) is 12.3. The molecule has 6 nitrogen and oxygen atoms in total. The Morgan fingerprint density at radius 2 is 1.83 bits per heavy atom. The standard InChI is InChI=1S/C15H16Cl2N2O4/c16-10-5-9(6-11(17)7-10)15(22)23-8-13(20)19-4-2-1-3-12(19)14(18)21/h5-7,12H,1-4,8H2,(H2,18,21)/t12-/m0/s1. The summed E-state index contributed by atoms with van der Waals surface area (Å²) in [7, 11) is 0. The molecule has 1 aromatic carbocycles. The molecule has 8 heteroatoms. The van der Waals surface area contributed by atoms with Gasteiger partial charge in [-0.25, -0.2) is 4.79 Å². The van der Waals surface area contributed by atoms with Crippen LogP contribution in [0.3, 0.4) is 0 Å². The lowest BCUT2D eigenvalue weighted by Crippen LogP contribution is -2.51. The van der Waals surface area contributed by atoms with Crippen molar-refractivity contribution >= 4 is 41.0 Å². The molecule has 2 amide bonds. The van der Waals surface area contributed by atoms with Crippen LogP contribution >= 0.6 is 23.2 Å². The Balaban J connectivity index is 1.97. The number of benzene rings is 1. The first-order valence-electron chi connectivity index (χ1n) is 7.10. The van der Waals surface area contributed by atoms with Crippen LogP contribution in [0, 0.1) is 0 Å². The minimum Gasteiger partial charge on any atom is -0.452 e. The van der Waals surface area contributed by atoms with Gasteiger partial charge < -0.3 is 15.4 Å². The summed E-state index contributed by atoms with van der Waals surface area (Å²) >= 11 is 11.6. The maximum absolute atomic E-state index is 12.2. The van der Waals surface area contributed by atoms with Crippen LogP contribution in [-0.4, -0.2) is 41.9 Å². The Morgan fingerprint density at radius 3 is 2.43 bits per heavy atom. The minimum atomic E-state index is -0.713. The molecule has 2 N–H and O–H groups in total. The Bertz CT molecular complexity index is 616. The highest BCUT2D eigenvalue weighted by atomic mass is 35.5. The number of hydrogen-bond donors (Lipinski definition) is 1. The Hall–Kier alpha value is -1.79. The molecule has 0 aliphatic carbocycles. The third kappa shape index (κ3) is 4.59. The molecule has 1 heterocycles. The molecule has 1 fully saturated rings. The Labute approximate surface area is 143 Å². The van der Waals surface area contributed by atoms with Gasteiger partial charge in [0.25, 0.3) is 5.91 Å². The van der Waals surface area contributed by atoms with Gasteiger partial charge in [-0.2, -0.15) is 0 Å². The van der Waals surface area contributed by atoms with Crippen molar-refractivity contribution in [3.8, 4) is 0 Å². The number of ether oxygens (including phenoxy) is 1. The number of esters is 1. The van der Waals surface area contributed by atoms with Crippen molar-refractivity contribution in [3.63, 3.8) is 0 Å². The van der Waals surface area contributed by atoms with Crippen molar-refractivity contribution < 1.29 is 19.1 Å². The number of halogens is 2. The van der Waals surface area contributed by atoms with Crippen LogP contribution in [0.25, 0.3) is 0 Å². The number of piperidine rings is 1. The summed E-state index contributed by atoms with van der Waals surface area (Å²) in [6, 6.07) is 3.63. The van der Waals surface area contributed by atoms with E-state index in [0.717, 1.165) is 12.8 Å². The lowest BCUT2D eigenvalue weighted by atomic mass is 10.0. The maximum Gasteiger partial charge on any atom is 0.338 e. The molecule has 1 aromatic rings. The van der Waals surface area contributed by atoms with Crippen LogP contribution in [0.1, 0.15) is 29.6 Å². The molecular weight excluding hydrogens is 343 g/mol. The molecule has 0 spiro atoms. The molecular formula is C15H16Cl2N2O4. The summed E-state index contributed by atoms with van der Waals surface area (Å²) in [5, 5.41) is 0.584. The molecule has 1 aliphatic rings. The number of likely N-dealkylation sites (tertiary alicyclic amines) is 1. The van der Waals surface area contributed by atoms with E-state index in [2.05, 4.69) is 0 Å². The van der Waals surface area contributed by atoms with Crippen LogP contribution in [-0.2, 0) is 14.3 Å². The van der Waals surface area contributed by atoms with E-state index in [1.807, 2.05) is 0 Å². The number of primary amides is 1. The molecule has 2 rings (SSSR count). The zero-order chi connectivity index (χ0) is 17.0. The average molecular weight is 359 g/mol. The number of hydrogen-bond acceptors (Lipinski definition) is 4. The van der Waals surface area contributed by atoms with E-state index in [4.69, 9.17) is 33.7 Å². The van der Waals surface area contributed by atoms with Gasteiger partial charge in [-0.15, -0.1) is 0 Å². The van der Waals surface area contributed by atoms with Gasteiger partial charge in [-0.1, -0.05) is 23.2 Å². The second-order valence-electron chi connectivity index (χ2n) is 5.24. The van der Waals surface area contributed by atoms with Gasteiger partial charge in [-0.05, 0) is 37.5 Å². The van der Waals surface area contributed by atoms with Crippen LogP contribution in [0.4, 0.5) is 0 Å². The summed E-state index contributed by atoms with van der Waals surface area (Å²) in [5.74, 6) is -1.71. The molecule has 0 aromatic heterocycles. The highest BCUT2D eigenvalue weighted by molar-refractivity contribution is 6.35. The van der Waals surface area contributed by atoms with Gasteiger partial charge >= 0.3 is 5.97 Å².